The Hall–Kier alpha value is -2.56. The van der Waals surface area contributed by atoms with E-state index < -0.39 is 5.97 Å². The normalized spacial score (nSPS) is 10.1. The summed E-state index contributed by atoms with van der Waals surface area (Å²) in [5.74, 6) is -0.450. The first kappa shape index (κ1) is 13.9. The molecule has 2 rings (SSSR count). The molecule has 0 fully saturated rings. The third kappa shape index (κ3) is 3.06. The number of hydrogen-bond acceptors (Lipinski definition) is 5. The molecule has 1 heterocycles. The molecule has 3 N–H and O–H groups in total. The van der Waals surface area contributed by atoms with E-state index in [1.807, 2.05) is 25.1 Å². The molecule has 0 spiro atoms. The first-order valence-electron chi connectivity index (χ1n) is 6.24. The molecule has 20 heavy (non-hydrogen) atoms. The van der Waals surface area contributed by atoms with Crippen molar-refractivity contribution in [3.8, 4) is 0 Å². The number of pyridine rings is 1. The molecule has 5 nitrogen and oxygen atoms in total. The van der Waals surface area contributed by atoms with Gasteiger partial charge in [0.1, 0.15) is 5.69 Å². The lowest BCUT2D eigenvalue weighted by Crippen LogP contribution is -2.07. The molecule has 0 saturated carbocycles. The summed E-state index contributed by atoms with van der Waals surface area (Å²) in [6, 6.07) is 9.27. The number of nitrogen functional groups attached to an aromatic ring is 1. The molecule has 0 radical (unpaired) electrons. The number of nitrogens with two attached hydrogens (primary N) is 1. The Labute approximate surface area is 117 Å². The van der Waals surface area contributed by atoms with Crippen molar-refractivity contribution in [3.05, 3.63) is 53.3 Å². The van der Waals surface area contributed by atoms with Crippen LogP contribution in [0.5, 0.6) is 0 Å². The summed E-state index contributed by atoms with van der Waals surface area (Å²) < 4.78 is 4.64. The van der Waals surface area contributed by atoms with Gasteiger partial charge in [-0.3, -0.25) is 0 Å². The van der Waals surface area contributed by atoms with Crippen molar-refractivity contribution < 1.29 is 9.53 Å². The number of nitrogens with zero attached hydrogens (tertiary/aromatic N) is 1. The molecular weight excluding hydrogens is 254 g/mol. The van der Waals surface area contributed by atoms with Crippen molar-refractivity contribution in [1.29, 1.82) is 0 Å². The van der Waals surface area contributed by atoms with Gasteiger partial charge in [-0.2, -0.15) is 0 Å². The Kier molecular flexibility index (Phi) is 4.20. The molecule has 0 aliphatic heterocycles. The van der Waals surface area contributed by atoms with Crippen molar-refractivity contribution in [3.63, 3.8) is 0 Å². The number of benzene rings is 1. The molecule has 5 heteroatoms. The highest BCUT2D eigenvalue weighted by atomic mass is 16.5. The molecule has 1 aromatic heterocycles. The highest BCUT2D eigenvalue weighted by molar-refractivity contribution is 5.88. The zero-order chi connectivity index (χ0) is 14.5. The van der Waals surface area contributed by atoms with E-state index in [0.29, 0.717) is 6.54 Å². The van der Waals surface area contributed by atoms with Crippen LogP contribution in [0.4, 0.5) is 11.4 Å². The van der Waals surface area contributed by atoms with Gasteiger partial charge in [0, 0.05) is 24.1 Å². The van der Waals surface area contributed by atoms with Gasteiger partial charge in [-0.1, -0.05) is 12.1 Å². The third-order valence-electron chi connectivity index (χ3n) is 3.13. The van der Waals surface area contributed by atoms with Crippen molar-refractivity contribution in [2.45, 2.75) is 13.5 Å². The van der Waals surface area contributed by atoms with Gasteiger partial charge < -0.3 is 15.8 Å². The van der Waals surface area contributed by atoms with Gasteiger partial charge in [0.05, 0.1) is 7.11 Å². The molecule has 0 unspecified atom stereocenters. The monoisotopic (exact) mass is 271 g/mol. The van der Waals surface area contributed by atoms with Crippen LogP contribution in [0.3, 0.4) is 0 Å². The summed E-state index contributed by atoms with van der Waals surface area (Å²) in [5.41, 5.74) is 9.90. The number of anilines is 2. The Morgan fingerprint density at radius 1 is 1.40 bits per heavy atom. The highest BCUT2D eigenvalue weighted by Gasteiger charge is 2.07. The fraction of sp³-hybridized carbons (Fsp3) is 0.200. The van der Waals surface area contributed by atoms with Crippen molar-refractivity contribution in [2.75, 3.05) is 18.2 Å². The average Bonchev–Trinajstić information content (AvgIpc) is 2.48. The third-order valence-corrected chi connectivity index (χ3v) is 3.13. The topological polar surface area (TPSA) is 77.2 Å². The predicted octanol–water partition coefficient (Wildman–Crippen LogP) is 2.37. The van der Waals surface area contributed by atoms with E-state index in [1.54, 1.807) is 18.3 Å². The standard InChI is InChI=1S/C15H17N3O2/c1-10-11(4-3-5-13(10)16)9-18-12-6-7-17-14(8-12)15(19)20-2/h3-8H,9,16H2,1-2H3,(H,17,18). The minimum Gasteiger partial charge on any atom is -0.464 e. The minimum absolute atomic E-state index is 0.279. The zero-order valence-electron chi connectivity index (χ0n) is 11.5. The van der Waals surface area contributed by atoms with E-state index in [0.717, 1.165) is 22.5 Å². The quantitative estimate of drug-likeness (QED) is 0.659. The SMILES string of the molecule is COC(=O)c1cc(NCc2cccc(N)c2C)ccn1. The van der Waals surface area contributed by atoms with Gasteiger partial charge in [0.2, 0.25) is 0 Å². The second-order valence-electron chi connectivity index (χ2n) is 4.41. The molecule has 0 amide bonds. The molecule has 0 bridgehead atoms. The number of carbonyl (C=O) groups excluding carboxylic acids is 1. The molecule has 0 atom stereocenters. The molecule has 0 aliphatic carbocycles. The van der Waals surface area contributed by atoms with Crippen LogP contribution >= 0.6 is 0 Å². The molecular formula is C15H17N3O2. The lowest BCUT2D eigenvalue weighted by Gasteiger charge is -2.11. The summed E-state index contributed by atoms with van der Waals surface area (Å²) in [6.45, 7) is 2.61. The molecule has 2 aromatic rings. The number of methoxy groups -OCH3 is 1. The van der Waals surface area contributed by atoms with Crippen LogP contribution in [0, 0.1) is 6.92 Å². The number of hydrogen-bond donors (Lipinski definition) is 2. The molecule has 0 aliphatic rings. The number of ether oxygens (including phenoxy) is 1. The van der Waals surface area contributed by atoms with Crippen LogP contribution in [0.1, 0.15) is 21.6 Å². The minimum atomic E-state index is -0.450. The van der Waals surface area contributed by atoms with Gasteiger partial charge in [0.15, 0.2) is 0 Å². The number of rotatable bonds is 4. The number of esters is 1. The van der Waals surface area contributed by atoms with Crippen LogP contribution in [0.25, 0.3) is 0 Å². The smallest absolute Gasteiger partial charge is 0.356 e. The van der Waals surface area contributed by atoms with Crippen molar-refractivity contribution in [1.82, 2.24) is 4.98 Å². The maximum absolute atomic E-state index is 11.4. The largest absolute Gasteiger partial charge is 0.464 e. The first-order valence-corrected chi connectivity index (χ1v) is 6.24. The van der Waals surface area contributed by atoms with Gasteiger partial charge in [-0.15, -0.1) is 0 Å². The maximum atomic E-state index is 11.4. The van der Waals surface area contributed by atoms with Gasteiger partial charge >= 0.3 is 5.97 Å². The lowest BCUT2D eigenvalue weighted by molar-refractivity contribution is 0.0594. The van der Waals surface area contributed by atoms with Crippen LogP contribution in [0.15, 0.2) is 36.5 Å². The fourth-order valence-corrected chi connectivity index (χ4v) is 1.85. The summed E-state index contributed by atoms with van der Waals surface area (Å²) in [7, 11) is 1.33. The Bertz CT molecular complexity index is 626. The highest BCUT2D eigenvalue weighted by Crippen LogP contribution is 2.17. The van der Waals surface area contributed by atoms with Gasteiger partial charge in [-0.05, 0) is 36.2 Å². The van der Waals surface area contributed by atoms with E-state index in [-0.39, 0.29) is 5.69 Å². The number of nitrogens with one attached hydrogen (secondary N) is 1. The Morgan fingerprint density at radius 3 is 2.95 bits per heavy atom. The van der Waals surface area contributed by atoms with Crippen LogP contribution in [-0.2, 0) is 11.3 Å². The number of aromatic nitrogens is 1. The fourth-order valence-electron chi connectivity index (χ4n) is 1.85. The zero-order valence-corrected chi connectivity index (χ0v) is 11.5. The lowest BCUT2D eigenvalue weighted by atomic mass is 10.1. The Balaban J connectivity index is 2.11. The van der Waals surface area contributed by atoms with Gasteiger partial charge in [0.25, 0.3) is 0 Å². The second-order valence-corrected chi connectivity index (χ2v) is 4.41. The second kappa shape index (κ2) is 6.06. The van der Waals surface area contributed by atoms with Crippen LogP contribution in [0.2, 0.25) is 0 Å². The van der Waals surface area contributed by atoms with E-state index in [2.05, 4.69) is 15.0 Å². The summed E-state index contributed by atoms with van der Waals surface area (Å²) in [5, 5.41) is 3.25. The maximum Gasteiger partial charge on any atom is 0.356 e. The van der Waals surface area contributed by atoms with E-state index in [4.69, 9.17) is 5.73 Å². The summed E-state index contributed by atoms with van der Waals surface area (Å²) >= 11 is 0. The average molecular weight is 271 g/mol. The Morgan fingerprint density at radius 2 is 2.20 bits per heavy atom. The first-order chi connectivity index (χ1) is 9.61. The molecule has 104 valence electrons. The van der Waals surface area contributed by atoms with E-state index >= 15 is 0 Å². The van der Waals surface area contributed by atoms with Crippen molar-refractivity contribution >= 4 is 17.3 Å². The predicted molar refractivity (Wildman–Crippen MR) is 78.5 cm³/mol. The van der Waals surface area contributed by atoms with Crippen molar-refractivity contribution in [2.24, 2.45) is 0 Å². The summed E-state index contributed by atoms with van der Waals surface area (Å²) in [4.78, 5) is 15.4. The number of carbonyl (C=O) groups is 1. The van der Waals surface area contributed by atoms with E-state index in [1.165, 1.54) is 7.11 Å². The molecule has 0 saturated heterocycles. The molecule has 1 aromatic carbocycles. The van der Waals surface area contributed by atoms with Gasteiger partial charge in [-0.25, -0.2) is 9.78 Å². The van der Waals surface area contributed by atoms with Crippen LogP contribution < -0.4 is 11.1 Å². The van der Waals surface area contributed by atoms with E-state index in [9.17, 15) is 4.79 Å². The summed E-state index contributed by atoms with van der Waals surface area (Å²) in [6.07, 6.45) is 1.57. The van der Waals surface area contributed by atoms with Crippen LogP contribution in [-0.4, -0.2) is 18.1 Å².